The van der Waals surface area contributed by atoms with E-state index in [2.05, 4.69) is 15.0 Å². The highest BCUT2D eigenvalue weighted by Crippen LogP contribution is 2.27. The van der Waals surface area contributed by atoms with E-state index in [-0.39, 0.29) is 15.9 Å². The van der Waals surface area contributed by atoms with Crippen LogP contribution in [0.3, 0.4) is 0 Å². The van der Waals surface area contributed by atoms with Crippen LogP contribution in [0.4, 0.5) is 5.13 Å². The maximum atomic E-state index is 12.5. The first-order valence-corrected chi connectivity index (χ1v) is 11.6. The summed E-state index contributed by atoms with van der Waals surface area (Å²) >= 11 is 1.05. The Balaban J connectivity index is 1.66. The van der Waals surface area contributed by atoms with Crippen LogP contribution in [0.1, 0.15) is 47.5 Å². The molecule has 1 aromatic heterocycles. The van der Waals surface area contributed by atoms with Gasteiger partial charge in [-0.25, -0.2) is 13.4 Å². The van der Waals surface area contributed by atoms with E-state index in [1.807, 2.05) is 0 Å². The molecule has 0 saturated heterocycles. The molecule has 2 aromatic rings. The van der Waals surface area contributed by atoms with Crippen molar-refractivity contribution in [3.63, 3.8) is 0 Å². The monoisotopic (exact) mass is 423 g/mol. The number of hydrogen-bond donors (Lipinski definition) is 2. The quantitative estimate of drug-likeness (QED) is 0.709. The lowest BCUT2D eigenvalue weighted by atomic mass is 9.89. The van der Waals surface area contributed by atoms with Gasteiger partial charge in [0.15, 0.2) is 5.13 Å². The zero-order chi connectivity index (χ0) is 20.1. The predicted octanol–water partition coefficient (Wildman–Crippen LogP) is 3.57. The van der Waals surface area contributed by atoms with Crippen LogP contribution < -0.4 is 14.8 Å². The lowest BCUT2D eigenvalue weighted by molar-refractivity contribution is 0.0947. The van der Waals surface area contributed by atoms with Crippen molar-refractivity contribution in [1.82, 2.24) is 10.3 Å². The maximum Gasteiger partial charge on any atom is 0.263 e. The van der Waals surface area contributed by atoms with Crippen LogP contribution in [0.5, 0.6) is 5.75 Å². The molecule has 0 bridgehead atoms. The maximum absolute atomic E-state index is 12.5. The number of rotatable bonds is 7. The first-order valence-electron chi connectivity index (χ1n) is 9.31. The number of carbonyl (C=O) groups excluding carboxylic acids is 1. The number of nitrogens with zero attached hydrogens (tertiary/aromatic N) is 1. The number of nitrogens with one attached hydrogen (secondary N) is 2. The molecule has 0 aliphatic heterocycles. The van der Waals surface area contributed by atoms with Gasteiger partial charge in [-0.2, -0.15) is 0 Å². The summed E-state index contributed by atoms with van der Waals surface area (Å²) in [6.07, 6.45) is 6.01. The highest BCUT2D eigenvalue weighted by molar-refractivity contribution is 7.93. The first kappa shape index (κ1) is 20.6. The molecule has 1 fully saturated rings. The van der Waals surface area contributed by atoms with Gasteiger partial charge in [0.25, 0.3) is 15.9 Å². The molecule has 1 aliphatic rings. The Morgan fingerprint density at radius 1 is 1.21 bits per heavy atom. The van der Waals surface area contributed by atoms with Gasteiger partial charge in [-0.1, -0.05) is 30.6 Å². The predicted molar refractivity (Wildman–Crippen MR) is 110 cm³/mol. The van der Waals surface area contributed by atoms with Crippen LogP contribution in [0.15, 0.2) is 29.2 Å². The summed E-state index contributed by atoms with van der Waals surface area (Å²) < 4.78 is 32.6. The molecule has 9 heteroatoms. The van der Waals surface area contributed by atoms with E-state index in [4.69, 9.17) is 4.74 Å². The zero-order valence-corrected chi connectivity index (χ0v) is 17.7. The number of benzene rings is 1. The number of ether oxygens (including phenoxy) is 1. The lowest BCUT2D eigenvalue weighted by Gasteiger charge is -2.21. The average Bonchev–Trinajstić information content (AvgIpc) is 3.06. The molecule has 152 valence electrons. The van der Waals surface area contributed by atoms with E-state index in [1.54, 1.807) is 19.1 Å². The second-order valence-electron chi connectivity index (χ2n) is 6.93. The van der Waals surface area contributed by atoms with Crippen LogP contribution >= 0.6 is 11.3 Å². The van der Waals surface area contributed by atoms with Crippen molar-refractivity contribution < 1.29 is 17.9 Å². The molecule has 2 N–H and O–H groups in total. The molecule has 0 unspecified atom stereocenters. The van der Waals surface area contributed by atoms with Gasteiger partial charge in [0.2, 0.25) is 0 Å². The number of carbonyl (C=O) groups is 1. The van der Waals surface area contributed by atoms with Crippen LogP contribution in [0, 0.1) is 12.8 Å². The SMILES string of the molecule is COc1ccc(S(=O)(=O)Nc2nc(C)c(C(=O)NCC3CCCCC3)s2)cc1. The van der Waals surface area contributed by atoms with E-state index in [9.17, 15) is 13.2 Å². The minimum Gasteiger partial charge on any atom is -0.497 e. The van der Waals surface area contributed by atoms with Crippen LogP contribution in [0.2, 0.25) is 0 Å². The molecule has 0 spiro atoms. The molecule has 3 rings (SSSR count). The molecule has 0 radical (unpaired) electrons. The fourth-order valence-corrected chi connectivity index (χ4v) is 5.41. The molecule has 1 aliphatic carbocycles. The smallest absolute Gasteiger partial charge is 0.263 e. The molecular weight excluding hydrogens is 398 g/mol. The van der Waals surface area contributed by atoms with Crippen molar-refractivity contribution in [2.75, 3.05) is 18.4 Å². The molecule has 0 atom stereocenters. The zero-order valence-electron chi connectivity index (χ0n) is 16.0. The van der Waals surface area contributed by atoms with Crippen molar-refractivity contribution in [1.29, 1.82) is 0 Å². The van der Waals surface area contributed by atoms with E-state index < -0.39 is 10.0 Å². The van der Waals surface area contributed by atoms with Gasteiger partial charge in [0.05, 0.1) is 17.7 Å². The largest absolute Gasteiger partial charge is 0.497 e. The van der Waals surface area contributed by atoms with Gasteiger partial charge in [-0.3, -0.25) is 9.52 Å². The third kappa shape index (κ3) is 5.02. The van der Waals surface area contributed by atoms with Crippen LogP contribution in [-0.2, 0) is 10.0 Å². The number of aryl methyl sites for hydroxylation is 1. The van der Waals surface area contributed by atoms with E-state index in [0.29, 0.717) is 28.8 Å². The summed E-state index contributed by atoms with van der Waals surface area (Å²) in [5, 5.41) is 3.15. The van der Waals surface area contributed by atoms with Crippen molar-refractivity contribution in [3.05, 3.63) is 34.8 Å². The van der Waals surface area contributed by atoms with Crippen molar-refractivity contribution in [2.45, 2.75) is 43.9 Å². The van der Waals surface area contributed by atoms with Crippen molar-refractivity contribution in [2.24, 2.45) is 5.92 Å². The lowest BCUT2D eigenvalue weighted by Crippen LogP contribution is -2.30. The van der Waals surface area contributed by atoms with Gasteiger partial charge >= 0.3 is 0 Å². The Morgan fingerprint density at radius 2 is 1.89 bits per heavy atom. The standard InChI is InChI=1S/C19H25N3O4S2/c1-13-17(18(23)20-12-14-6-4-3-5-7-14)27-19(21-13)22-28(24,25)16-10-8-15(26-2)9-11-16/h8-11,14H,3-7,12H2,1-2H3,(H,20,23)(H,21,22). The minimum atomic E-state index is -3.79. The number of methoxy groups -OCH3 is 1. The highest BCUT2D eigenvalue weighted by Gasteiger charge is 2.21. The van der Waals surface area contributed by atoms with E-state index >= 15 is 0 Å². The summed E-state index contributed by atoms with van der Waals surface area (Å²) in [5.74, 6) is 0.899. The number of anilines is 1. The van der Waals surface area contributed by atoms with Crippen molar-refractivity contribution in [3.8, 4) is 5.75 Å². The Labute approximate surface area is 169 Å². The summed E-state index contributed by atoms with van der Waals surface area (Å²) in [6, 6.07) is 6.07. The number of sulfonamides is 1. The Hall–Kier alpha value is -2.13. The van der Waals surface area contributed by atoms with Gasteiger partial charge in [0.1, 0.15) is 10.6 Å². The Morgan fingerprint density at radius 3 is 2.54 bits per heavy atom. The molecule has 1 amide bonds. The number of hydrogen-bond acceptors (Lipinski definition) is 6. The summed E-state index contributed by atoms with van der Waals surface area (Å²) in [6.45, 7) is 2.36. The second kappa shape index (κ2) is 8.91. The van der Waals surface area contributed by atoms with Gasteiger partial charge in [-0.05, 0) is 49.9 Å². The fourth-order valence-electron chi connectivity index (χ4n) is 3.29. The molecule has 7 nitrogen and oxygen atoms in total. The first-order chi connectivity index (χ1) is 13.4. The van der Waals surface area contributed by atoms with Gasteiger partial charge in [0, 0.05) is 6.54 Å². The van der Waals surface area contributed by atoms with Crippen molar-refractivity contribution >= 4 is 32.4 Å². The van der Waals surface area contributed by atoms with E-state index in [1.165, 1.54) is 38.5 Å². The number of aromatic nitrogens is 1. The average molecular weight is 424 g/mol. The molecule has 1 aromatic carbocycles. The summed E-state index contributed by atoms with van der Waals surface area (Å²) in [4.78, 5) is 17.2. The van der Waals surface area contributed by atoms with Crippen LogP contribution in [0.25, 0.3) is 0 Å². The second-order valence-corrected chi connectivity index (χ2v) is 9.61. The summed E-state index contributed by atoms with van der Waals surface area (Å²) in [5.41, 5.74) is 0.513. The van der Waals surface area contributed by atoms with E-state index in [0.717, 1.165) is 24.2 Å². The molecule has 1 heterocycles. The number of thiazole rings is 1. The summed E-state index contributed by atoms with van der Waals surface area (Å²) in [7, 11) is -2.27. The minimum absolute atomic E-state index is 0.101. The Bertz CT molecular complexity index is 917. The van der Waals surface area contributed by atoms with Gasteiger partial charge in [-0.15, -0.1) is 0 Å². The van der Waals surface area contributed by atoms with Gasteiger partial charge < -0.3 is 10.1 Å². The topological polar surface area (TPSA) is 97.4 Å². The highest BCUT2D eigenvalue weighted by atomic mass is 32.2. The molecular formula is C19H25N3O4S2. The Kier molecular flexibility index (Phi) is 6.56. The fraction of sp³-hybridized carbons (Fsp3) is 0.474. The van der Waals surface area contributed by atoms with Crippen LogP contribution in [-0.4, -0.2) is 33.0 Å². The third-order valence-electron chi connectivity index (χ3n) is 4.87. The molecule has 28 heavy (non-hydrogen) atoms. The molecule has 1 saturated carbocycles. The number of amides is 1. The normalized spacial score (nSPS) is 15.2. The third-order valence-corrected chi connectivity index (χ3v) is 7.43.